The number of hydrogen-bond donors (Lipinski definition) is 11. The number of hydrazine groups is 1. The Bertz CT molecular complexity index is 1460. The van der Waals surface area contributed by atoms with E-state index in [1.807, 2.05) is 0 Å². The summed E-state index contributed by atoms with van der Waals surface area (Å²) < 4.78 is 46.1. The number of aliphatic hydroxyl groups excluding tert-OH is 5. The van der Waals surface area contributed by atoms with Crippen LogP contribution >= 0.6 is 0 Å². The molecule has 0 radical (unpaired) electrons. The number of amides is 4. The molecule has 0 aromatic heterocycles. The Morgan fingerprint density at radius 2 is 1.05 bits per heavy atom. The summed E-state index contributed by atoms with van der Waals surface area (Å²) in [5.74, 6) is 0. The van der Waals surface area contributed by atoms with E-state index in [1.165, 1.54) is 0 Å². The molecule has 4 amide bonds. The summed E-state index contributed by atoms with van der Waals surface area (Å²) in [4.78, 5) is 51.8. The standard InChI is InChI=1S/C38H70N6O17/c1-35(2,3)58-31(50)40-15-21-20(46)14-19(42-33(52)60-37(7,8)9)29(54-21)56-27-17(41-32(51)59-36(4,5)6)13-18(43-44-34(53)61-38(10,11)12)28(26(27)49)57-30-25(48)23(39)24(47)22(16-45)55-30/h17-30,43,45-49H,13-16,39H2,1-12H3,(H,40,50)(H,41,51)(H,42,52)(H,44,53)/t17?,18-,19?,20+,21?,22-,23?,24?,25-,26?,27-,28?,29-,30?/m1/s1. The van der Waals surface area contributed by atoms with E-state index in [2.05, 4.69) is 26.8 Å². The van der Waals surface area contributed by atoms with Gasteiger partial charge in [0.1, 0.15) is 65.1 Å². The number of rotatable bonds is 11. The molecule has 0 bridgehead atoms. The van der Waals surface area contributed by atoms with Gasteiger partial charge >= 0.3 is 24.4 Å². The third kappa shape index (κ3) is 16.7. The van der Waals surface area contributed by atoms with Gasteiger partial charge in [-0.05, 0) is 89.5 Å². The van der Waals surface area contributed by atoms with Gasteiger partial charge in [-0.3, -0.25) is 5.43 Å². The maximum Gasteiger partial charge on any atom is 0.422 e. The van der Waals surface area contributed by atoms with Gasteiger partial charge in [-0.25, -0.2) is 24.6 Å². The molecule has 2 heterocycles. The smallest absolute Gasteiger partial charge is 0.422 e. The van der Waals surface area contributed by atoms with Crippen molar-refractivity contribution < 1.29 is 82.6 Å². The van der Waals surface area contributed by atoms with Crippen molar-refractivity contribution in [1.82, 2.24) is 26.8 Å². The van der Waals surface area contributed by atoms with E-state index < -0.39 is 139 Å². The van der Waals surface area contributed by atoms with Gasteiger partial charge in [0.15, 0.2) is 12.6 Å². The number of aliphatic hydroxyl groups is 5. The van der Waals surface area contributed by atoms with Crippen LogP contribution < -0.4 is 32.5 Å². The largest absolute Gasteiger partial charge is 0.444 e. The zero-order valence-electron chi connectivity index (χ0n) is 37.1. The minimum Gasteiger partial charge on any atom is -0.444 e. The number of carbonyl (C=O) groups is 4. The molecule has 2 aliphatic heterocycles. The van der Waals surface area contributed by atoms with E-state index in [4.69, 9.17) is 43.6 Å². The number of ether oxygens (including phenoxy) is 8. The van der Waals surface area contributed by atoms with Crippen LogP contribution in [0, 0.1) is 0 Å². The van der Waals surface area contributed by atoms with Gasteiger partial charge in [-0.2, -0.15) is 0 Å². The van der Waals surface area contributed by atoms with Crippen LogP contribution in [-0.4, -0.2) is 171 Å². The Morgan fingerprint density at radius 1 is 0.590 bits per heavy atom. The summed E-state index contributed by atoms with van der Waals surface area (Å²) in [5.41, 5.74) is 7.53. The first-order valence-corrected chi connectivity index (χ1v) is 20.3. The summed E-state index contributed by atoms with van der Waals surface area (Å²) in [6.45, 7) is 18.7. The molecular formula is C38H70N6O17. The molecule has 3 aliphatic rings. The predicted molar refractivity (Wildman–Crippen MR) is 212 cm³/mol. The van der Waals surface area contributed by atoms with Crippen molar-refractivity contribution in [2.24, 2.45) is 5.73 Å². The van der Waals surface area contributed by atoms with E-state index in [1.54, 1.807) is 83.1 Å². The third-order valence-corrected chi connectivity index (χ3v) is 9.07. The second-order valence-corrected chi connectivity index (χ2v) is 19.3. The molecule has 23 heteroatoms. The number of hydrogen-bond acceptors (Lipinski definition) is 19. The van der Waals surface area contributed by atoms with Crippen molar-refractivity contribution in [1.29, 1.82) is 0 Å². The normalized spacial score (nSPS) is 33.7. The lowest BCUT2D eigenvalue weighted by atomic mass is 9.83. The Morgan fingerprint density at radius 3 is 1.57 bits per heavy atom. The molecule has 14 atom stereocenters. The lowest BCUT2D eigenvalue weighted by Gasteiger charge is -2.49. The van der Waals surface area contributed by atoms with Crippen molar-refractivity contribution in [3.05, 3.63) is 0 Å². The van der Waals surface area contributed by atoms with Crippen LogP contribution in [-0.2, 0) is 37.9 Å². The van der Waals surface area contributed by atoms with E-state index in [-0.39, 0.29) is 19.4 Å². The molecule has 0 spiro atoms. The Hall–Kier alpha value is -3.36. The Kier molecular flexibility index (Phi) is 17.8. The average Bonchev–Trinajstić information content (AvgIpc) is 3.07. The molecule has 3 rings (SSSR count). The summed E-state index contributed by atoms with van der Waals surface area (Å²) in [6, 6.07) is -4.92. The molecule has 3 fully saturated rings. The first kappa shape index (κ1) is 52.0. The van der Waals surface area contributed by atoms with E-state index in [0.29, 0.717) is 0 Å². The monoisotopic (exact) mass is 882 g/mol. The second kappa shape index (κ2) is 20.9. The lowest BCUT2D eigenvalue weighted by Crippen LogP contribution is -2.70. The summed E-state index contributed by atoms with van der Waals surface area (Å²) >= 11 is 0. The van der Waals surface area contributed by atoms with Gasteiger partial charge in [0.2, 0.25) is 0 Å². The van der Waals surface area contributed by atoms with Crippen molar-refractivity contribution in [2.45, 2.75) is 204 Å². The first-order valence-electron chi connectivity index (χ1n) is 20.3. The molecule has 23 nitrogen and oxygen atoms in total. The zero-order valence-corrected chi connectivity index (χ0v) is 37.1. The molecule has 354 valence electrons. The number of alkyl carbamates (subject to hydrolysis) is 3. The fourth-order valence-corrected chi connectivity index (χ4v) is 6.57. The highest BCUT2D eigenvalue weighted by Gasteiger charge is 2.53. The van der Waals surface area contributed by atoms with Crippen LogP contribution in [0.25, 0.3) is 0 Å². The summed E-state index contributed by atoms with van der Waals surface area (Å²) in [6.07, 6.45) is -19.1. The van der Waals surface area contributed by atoms with Gasteiger partial charge in [0.25, 0.3) is 0 Å². The summed E-state index contributed by atoms with van der Waals surface area (Å²) in [5, 5.41) is 62.7. The van der Waals surface area contributed by atoms with Crippen LogP contribution in [0.1, 0.15) is 95.9 Å². The van der Waals surface area contributed by atoms with Gasteiger partial charge in [-0.1, -0.05) is 0 Å². The first-order chi connectivity index (χ1) is 27.9. The third-order valence-electron chi connectivity index (χ3n) is 9.07. The highest BCUT2D eigenvalue weighted by Crippen LogP contribution is 2.33. The fraction of sp³-hybridized carbons (Fsp3) is 0.895. The van der Waals surface area contributed by atoms with Crippen molar-refractivity contribution in [3.8, 4) is 0 Å². The van der Waals surface area contributed by atoms with Gasteiger partial charge < -0.3 is 85.1 Å². The lowest BCUT2D eigenvalue weighted by molar-refractivity contribution is -0.317. The van der Waals surface area contributed by atoms with Crippen molar-refractivity contribution in [2.75, 3.05) is 13.2 Å². The quantitative estimate of drug-likeness (QED) is 0.0918. The minimum absolute atomic E-state index is 0.216. The average molecular weight is 883 g/mol. The van der Waals surface area contributed by atoms with Crippen LogP contribution in [0.5, 0.6) is 0 Å². The Labute approximate surface area is 356 Å². The number of nitrogens with two attached hydrogens (primary N) is 1. The molecule has 0 aromatic carbocycles. The molecule has 1 saturated carbocycles. The van der Waals surface area contributed by atoms with E-state index in [0.717, 1.165) is 0 Å². The second-order valence-electron chi connectivity index (χ2n) is 19.3. The van der Waals surface area contributed by atoms with Crippen molar-refractivity contribution in [3.63, 3.8) is 0 Å². The number of nitrogens with one attached hydrogen (secondary N) is 5. The topological polar surface area (TPSA) is 329 Å². The molecular weight excluding hydrogens is 812 g/mol. The Balaban J connectivity index is 2.07. The summed E-state index contributed by atoms with van der Waals surface area (Å²) in [7, 11) is 0. The van der Waals surface area contributed by atoms with E-state index >= 15 is 0 Å². The highest BCUT2D eigenvalue weighted by atomic mass is 16.7. The zero-order chi connectivity index (χ0) is 46.4. The van der Waals surface area contributed by atoms with Crippen LogP contribution in [0.3, 0.4) is 0 Å². The predicted octanol–water partition coefficient (Wildman–Crippen LogP) is -0.527. The molecule has 8 unspecified atom stereocenters. The van der Waals surface area contributed by atoms with Crippen LogP contribution in [0.4, 0.5) is 19.2 Å². The van der Waals surface area contributed by atoms with E-state index in [9.17, 15) is 44.7 Å². The van der Waals surface area contributed by atoms with Crippen LogP contribution in [0.2, 0.25) is 0 Å². The number of carbonyl (C=O) groups excluding carboxylic acids is 4. The molecule has 12 N–H and O–H groups in total. The van der Waals surface area contributed by atoms with Gasteiger partial charge in [-0.15, -0.1) is 0 Å². The SMILES string of the molecule is CC(C)(C)OC(=O)NCC1O[C@H](O[C@@H]2C(NC(=O)OC(C)(C)C)C[C@@H](NNC(=O)OC(C)(C)C)C(OC3O[C@H](CO)C(O)C(N)[C@H]3O)C2O)C(NC(=O)OC(C)(C)C)C[C@@H]1O. The molecule has 61 heavy (non-hydrogen) atoms. The highest BCUT2D eigenvalue weighted by molar-refractivity contribution is 5.69. The van der Waals surface area contributed by atoms with Gasteiger partial charge in [0.05, 0.1) is 36.9 Å². The van der Waals surface area contributed by atoms with Crippen LogP contribution in [0.15, 0.2) is 0 Å². The van der Waals surface area contributed by atoms with Crippen molar-refractivity contribution >= 4 is 24.4 Å². The maximum absolute atomic E-state index is 13.3. The fourth-order valence-electron chi connectivity index (χ4n) is 6.57. The molecule has 2 saturated heterocycles. The minimum atomic E-state index is -1.85. The maximum atomic E-state index is 13.3. The van der Waals surface area contributed by atoms with Gasteiger partial charge in [0, 0.05) is 13.0 Å². The molecule has 1 aliphatic carbocycles. The molecule has 0 aromatic rings.